The van der Waals surface area contributed by atoms with E-state index in [4.69, 9.17) is 9.84 Å². The summed E-state index contributed by atoms with van der Waals surface area (Å²) in [6.07, 6.45) is 0. The van der Waals surface area contributed by atoms with Gasteiger partial charge in [0.05, 0.1) is 5.56 Å². The van der Waals surface area contributed by atoms with Crippen LogP contribution in [0.25, 0.3) is 21.6 Å². The molecule has 0 bridgehead atoms. The molecule has 138 valence electrons. The van der Waals surface area contributed by atoms with Gasteiger partial charge in [-0.2, -0.15) is 0 Å². The maximum absolute atomic E-state index is 11.1. The van der Waals surface area contributed by atoms with Gasteiger partial charge in [0.15, 0.2) is 0 Å². The lowest BCUT2D eigenvalue weighted by atomic mass is 10.0. The minimum atomic E-state index is -0.920. The van der Waals surface area contributed by atoms with E-state index >= 15 is 0 Å². The third kappa shape index (κ3) is 3.82. The van der Waals surface area contributed by atoms with Gasteiger partial charge in [0, 0.05) is 16.0 Å². The lowest BCUT2D eigenvalue weighted by molar-refractivity contribution is 0.0697. The van der Waals surface area contributed by atoms with Crippen molar-refractivity contribution in [3.8, 4) is 27.3 Å². The van der Waals surface area contributed by atoms with E-state index < -0.39 is 5.97 Å². The molecule has 28 heavy (non-hydrogen) atoms. The Kier molecular flexibility index (Phi) is 5.22. The zero-order valence-electron chi connectivity index (χ0n) is 15.0. The molecule has 0 saturated heterocycles. The standard InChI is InChI=1S/C24H18O3S/c25-24(26)19-12-10-18(11-13-19)20-14-15-28-23(20)21-8-4-5-9-22(21)27-16-17-6-2-1-3-7-17/h1-15H,16H2,(H,25,26). The molecule has 0 saturated carbocycles. The number of ether oxygens (including phenoxy) is 1. The Morgan fingerprint density at radius 1 is 0.821 bits per heavy atom. The number of hydrogen-bond acceptors (Lipinski definition) is 3. The van der Waals surface area contributed by atoms with Gasteiger partial charge in [0.1, 0.15) is 12.4 Å². The van der Waals surface area contributed by atoms with Gasteiger partial charge in [-0.1, -0.05) is 54.6 Å². The molecule has 3 nitrogen and oxygen atoms in total. The van der Waals surface area contributed by atoms with Crippen LogP contribution in [0.5, 0.6) is 5.75 Å². The first-order valence-corrected chi connectivity index (χ1v) is 9.77. The monoisotopic (exact) mass is 386 g/mol. The van der Waals surface area contributed by atoms with Crippen LogP contribution in [0.15, 0.2) is 90.3 Å². The van der Waals surface area contributed by atoms with E-state index in [2.05, 4.69) is 12.1 Å². The van der Waals surface area contributed by atoms with E-state index in [9.17, 15) is 4.79 Å². The van der Waals surface area contributed by atoms with Crippen molar-refractivity contribution in [2.45, 2.75) is 6.61 Å². The number of thiophene rings is 1. The van der Waals surface area contributed by atoms with Crippen molar-refractivity contribution in [2.24, 2.45) is 0 Å². The van der Waals surface area contributed by atoms with Crippen LogP contribution in [0, 0.1) is 0 Å². The van der Waals surface area contributed by atoms with Gasteiger partial charge < -0.3 is 9.84 Å². The molecule has 0 unspecified atom stereocenters. The third-order valence-corrected chi connectivity index (χ3v) is 5.42. The first-order chi connectivity index (χ1) is 13.7. The molecule has 0 fully saturated rings. The average molecular weight is 386 g/mol. The topological polar surface area (TPSA) is 46.5 Å². The van der Waals surface area contributed by atoms with Crippen molar-refractivity contribution in [3.05, 3.63) is 101 Å². The van der Waals surface area contributed by atoms with Crippen molar-refractivity contribution in [1.29, 1.82) is 0 Å². The Balaban J connectivity index is 1.65. The highest BCUT2D eigenvalue weighted by molar-refractivity contribution is 7.14. The summed E-state index contributed by atoms with van der Waals surface area (Å²) in [6.45, 7) is 0.506. The summed E-state index contributed by atoms with van der Waals surface area (Å²) in [6, 6.07) is 27.1. The Bertz CT molecular complexity index is 1080. The number of aromatic carboxylic acids is 1. The van der Waals surface area contributed by atoms with Crippen molar-refractivity contribution in [2.75, 3.05) is 0 Å². The highest BCUT2D eigenvalue weighted by atomic mass is 32.1. The molecule has 0 aliphatic carbocycles. The second kappa shape index (κ2) is 8.11. The number of carboxylic acid groups (broad SMARTS) is 1. The van der Waals surface area contributed by atoms with Crippen LogP contribution in [-0.4, -0.2) is 11.1 Å². The first-order valence-electron chi connectivity index (χ1n) is 8.90. The predicted molar refractivity (Wildman–Crippen MR) is 113 cm³/mol. The number of benzene rings is 3. The van der Waals surface area contributed by atoms with E-state index in [1.54, 1.807) is 23.5 Å². The van der Waals surface area contributed by atoms with E-state index in [1.807, 2.05) is 66.0 Å². The number of rotatable bonds is 6. The summed E-state index contributed by atoms with van der Waals surface area (Å²) in [5, 5.41) is 11.2. The van der Waals surface area contributed by atoms with Crippen molar-refractivity contribution >= 4 is 17.3 Å². The molecule has 1 N–H and O–H groups in total. The SMILES string of the molecule is O=C(O)c1ccc(-c2ccsc2-c2ccccc2OCc2ccccc2)cc1. The predicted octanol–water partition coefficient (Wildman–Crippen LogP) is 6.36. The molecule has 1 heterocycles. The second-order valence-electron chi connectivity index (χ2n) is 6.32. The highest BCUT2D eigenvalue weighted by Gasteiger charge is 2.14. The summed E-state index contributed by atoms with van der Waals surface area (Å²) in [5.41, 5.74) is 4.49. The van der Waals surface area contributed by atoms with Crippen LogP contribution >= 0.6 is 11.3 Å². The number of carboxylic acids is 1. The summed E-state index contributed by atoms with van der Waals surface area (Å²) in [4.78, 5) is 12.2. The Morgan fingerprint density at radius 3 is 2.29 bits per heavy atom. The third-order valence-electron chi connectivity index (χ3n) is 4.48. The maximum Gasteiger partial charge on any atom is 0.335 e. The van der Waals surface area contributed by atoms with E-state index in [0.717, 1.165) is 32.9 Å². The molecule has 4 aromatic rings. The smallest absolute Gasteiger partial charge is 0.335 e. The first kappa shape index (κ1) is 18.0. The van der Waals surface area contributed by atoms with Crippen LogP contribution in [-0.2, 0) is 6.61 Å². The van der Waals surface area contributed by atoms with Gasteiger partial charge in [-0.3, -0.25) is 0 Å². The fourth-order valence-corrected chi connectivity index (χ4v) is 4.00. The quantitative estimate of drug-likeness (QED) is 0.419. The normalized spacial score (nSPS) is 10.6. The molecule has 4 rings (SSSR count). The van der Waals surface area contributed by atoms with Gasteiger partial charge in [-0.15, -0.1) is 11.3 Å². The van der Waals surface area contributed by atoms with Gasteiger partial charge >= 0.3 is 5.97 Å². The van der Waals surface area contributed by atoms with Crippen molar-refractivity contribution < 1.29 is 14.6 Å². The molecule has 4 heteroatoms. The number of hydrogen-bond donors (Lipinski definition) is 1. The lowest BCUT2D eigenvalue weighted by Crippen LogP contribution is -1.97. The zero-order valence-corrected chi connectivity index (χ0v) is 15.9. The van der Waals surface area contributed by atoms with Crippen LogP contribution in [0.3, 0.4) is 0 Å². The minimum absolute atomic E-state index is 0.284. The second-order valence-corrected chi connectivity index (χ2v) is 7.23. The fraction of sp³-hybridized carbons (Fsp3) is 0.0417. The van der Waals surface area contributed by atoms with Crippen LogP contribution in [0.2, 0.25) is 0 Å². The Labute approximate surface area is 167 Å². The molecule has 0 amide bonds. The van der Waals surface area contributed by atoms with Gasteiger partial charge in [-0.05, 0) is 46.8 Å². The summed E-state index contributed by atoms with van der Waals surface area (Å²) < 4.78 is 6.12. The van der Waals surface area contributed by atoms with Gasteiger partial charge in [-0.25, -0.2) is 4.79 Å². The molecule has 1 aromatic heterocycles. The molecule has 0 radical (unpaired) electrons. The maximum atomic E-state index is 11.1. The molecule has 0 spiro atoms. The molecular weight excluding hydrogens is 368 g/mol. The van der Waals surface area contributed by atoms with E-state index in [1.165, 1.54) is 0 Å². The molecular formula is C24H18O3S. The van der Waals surface area contributed by atoms with Crippen LogP contribution in [0.1, 0.15) is 15.9 Å². The summed E-state index contributed by atoms with van der Waals surface area (Å²) in [7, 11) is 0. The van der Waals surface area contributed by atoms with Gasteiger partial charge in [0.2, 0.25) is 0 Å². The molecule has 0 aliphatic rings. The minimum Gasteiger partial charge on any atom is -0.488 e. The number of para-hydroxylation sites is 1. The Hall–Kier alpha value is -3.37. The zero-order chi connectivity index (χ0) is 19.3. The lowest BCUT2D eigenvalue weighted by Gasteiger charge is -2.12. The summed E-state index contributed by atoms with van der Waals surface area (Å²) in [5.74, 6) is -0.0889. The number of carbonyl (C=O) groups is 1. The van der Waals surface area contributed by atoms with Gasteiger partial charge in [0.25, 0.3) is 0 Å². The molecule has 3 aromatic carbocycles. The fourth-order valence-electron chi connectivity index (χ4n) is 3.05. The molecule has 0 atom stereocenters. The van der Waals surface area contributed by atoms with Crippen molar-refractivity contribution in [1.82, 2.24) is 0 Å². The molecule has 0 aliphatic heterocycles. The van der Waals surface area contributed by atoms with Crippen LogP contribution in [0.4, 0.5) is 0 Å². The summed E-state index contributed by atoms with van der Waals surface area (Å²) >= 11 is 1.65. The van der Waals surface area contributed by atoms with Crippen LogP contribution < -0.4 is 4.74 Å². The van der Waals surface area contributed by atoms with E-state index in [-0.39, 0.29) is 5.56 Å². The largest absolute Gasteiger partial charge is 0.488 e. The van der Waals surface area contributed by atoms with Crippen molar-refractivity contribution in [3.63, 3.8) is 0 Å². The van der Waals surface area contributed by atoms with E-state index in [0.29, 0.717) is 6.61 Å². The average Bonchev–Trinajstić information content (AvgIpc) is 3.23. The highest BCUT2D eigenvalue weighted by Crippen LogP contribution is 2.41. The Morgan fingerprint density at radius 2 is 1.54 bits per heavy atom.